The first-order valence-electron chi connectivity index (χ1n) is 8.45. The number of ether oxygens (including phenoxy) is 1. The number of halogens is 1. The molecule has 0 aliphatic rings. The number of carbonyl (C=O) groups is 2. The zero-order valence-electron chi connectivity index (χ0n) is 14.5. The topological polar surface area (TPSA) is 55.4 Å². The fourth-order valence-corrected chi connectivity index (χ4v) is 2.62. The van der Waals surface area contributed by atoms with Crippen LogP contribution in [0.4, 0.5) is 0 Å². The molecule has 0 saturated carbocycles. The fraction of sp³-hybridized carbons (Fsp3) is 0.0909. The normalized spacial score (nSPS) is 10.3. The number of hydrogen-bond acceptors (Lipinski definition) is 3. The summed E-state index contributed by atoms with van der Waals surface area (Å²) < 4.78 is 5.07. The van der Waals surface area contributed by atoms with Crippen LogP contribution in [0.3, 0.4) is 0 Å². The maximum absolute atomic E-state index is 12.1. The SMILES string of the molecule is O=C(COC(=O)c1ccc(-c2ccccc2)cc1)NCc1ccc(Cl)cc1. The molecule has 3 aromatic rings. The number of nitrogens with one attached hydrogen (secondary N) is 1. The van der Waals surface area contributed by atoms with E-state index < -0.39 is 5.97 Å². The van der Waals surface area contributed by atoms with Gasteiger partial charge in [-0.25, -0.2) is 4.79 Å². The van der Waals surface area contributed by atoms with Crippen LogP contribution in [0.25, 0.3) is 11.1 Å². The molecule has 3 aromatic carbocycles. The molecular weight excluding hydrogens is 362 g/mol. The van der Waals surface area contributed by atoms with Gasteiger partial charge in [-0.3, -0.25) is 4.79 Å². The van der Waals surface area contributed by atoms with Gasteiger partial charge in [-0.2, -0.15) is 0 Å². The molecule has 3 rings (SSSR count). The molecule has 0 aromatic heterocycles. The van der Waals surface area contributed by atoms with E-state index in [4.69, 9.17) is 16.3 Å². The van der Waals surface area contributed by atoms with E-state index in [2.05, 4.69) is 5.32 Å². The van der Waals surface area contributed by atoms with Crippen LogP contribution in [0.5, 0.6) is 0 Å². The van der Waals surface area contributed by atoms with Crippen molar-refractivity contribution >= 4 is 23.5 Å². The van der Waals surface area contributed by atoms with Gasteiger partial charge in [0, 0.05) is 11.6 Å². The molecule has 4 nitrogen and oxygen atoms in total. The lowest BCUT2D eigenvalue weighted by Gasteiger charge is -2.08. The molecule has 0 atom stereocenters. The smallest absolute Gasteiger partial charge is 0.338 e. The Labute approximate surface area is 162 Å². The van der Waals surface area contributed by atoms with Gasteiger partial charge >= 0.3 is 5.97 Å². The number of amides is 1. The summed E-state index contributed by atoms with van der Waals surface area (Å²) in [5, 5.41) is 3.33. The average molecular weight is 380 g/mol. The zero-order chi connectivity index (χ0) is 19.1. The summed E-state index contributed by atoms with van der Waals surface area (Å²) in [5.74, 6) is -0.893. The standard InChI is InChI=1S/C22H18ClNO3/c23-20-12-6-16(7-13-20)14-24-21(25)15-27-22(26)19-10-8-18(9-11-19)17-4-2-1-3-5-17/h1-13H,14-15H2,(H,24,25). The van der Waals surface area contributed by atoms with E-state index in [1.54, 1.807) is 24.3 Å². The number of rotatable bonds is 6. The van der Waals surface area contributed by atoms with Crippen molar-refractivity contribution in [3.05, 3.63) is 95.0 Å². The highest BCUT2D eigenvalue weighted by molar-refractivity contribution is 6.30. The van der Waals surface area contributed by atoms with Gasteiger partial charge in [-0.15, -0.1) is 0 Å². The first-order chi connectivity index (χ1) is 13.1. The van der Waals surface area contributed by atoms with Gasteiger partial charge in [0.2, 0.25) is 0 Å². The number of hydrogen-bond donors (Lipinski definition) is 1. The second-order valence-electron chi connectivity index (χ2n) is 5.92. The van der Waals surface area contributed by atoms with Crippen LogP contribution >= 0.6 is 11.6 Å². The van der Waals surface area contributed by atoms with Crippen molar-refractivity contribution in [2.45, 2.75) is 6.54 Å². The molecule has 0 saturated heterocycles. The molecule has 0 aliphatic heterocycles. The first-order valence-corrected chi connectivity index (χ1v) is 8.83. The molecular formula is C22H18ClNO3. The minimum Gasteiger partial charge on any atom is -0.452 e. The van der Waals surface area contributed by atoms with E-state index in [0.29, 0.717) is 17.1 Å². The van der Waals surface area contributed by atoms with Gasteiger partial charge in [0.15, 0.2) is 6.61 Å². The van der Waals surface area contributed by atoms with Gasteiger partial charge < -0.3 is 10.1 Å². The summed E-state index contributed by atoms with van der Waals surface area (Å²) >= 11 is 5.82. The number of esters is 1. The molecule has 0 unspecified atom stereocenters. The lowest BCUT2D eigenvalue weighted by atomic mass is 10.0. The van der Waals surface area contributed by atoms with Crippen LogP contribution in [-0.4, -0.2) is 18.5 Å². The minimum atomic E-state index is -0.531. The Morgan fingerprint density at radius 3 is 2.11 bits per heavy atom. The molecule has 0 spiro atoms. The summed E-state index contributed by atoms with van der Waals surface area (Å²) in [6.07, 6.45) is 0. The van der Waals surface area contributed by atoms with Crippen LogP contribution in [0.15, 0.2) is 78.9 Å². The van der Waals surface area contributed by atoms with Gasteiger partial charge in [-0.05, 0) is 41.0 Å². The monoisotopic (exact) mass is 379 g/mol. The van der Waals surface area contributed by atoms with E-state index in [-0.39, 0.29) is 12.5 Å². The summed E-state index contributed by atoms with van der Waals surface area (Å²) in [6, 6.07) is 24.1. The van der Waals surface area contributed by atoms with Crippen molar-refractivity contribution in [1.82, 2.24) is 5.32 Å². The number of carbonyl (C=O) groups excluding carboxylic acids is 2. The highest BCUT2D eigenvalue weighted by atomic mass is 35.5. The summed E-state index contributed by atoms with van der Waals surface area (Å²) in [7, 11) is 0. The van der Waals surface area contributed by atoms with Crippen molar-refractivity contribution in [2.24, 2.45) is 0 Å². The Hall–Kier alpha value is -3.11. The van der Waals surface area contributed by atoms with Crippen molar-refractivity contribution < 1.29 is 14.3 Å². The van der Waals surface area contributed by atoms with Crippen LogP contribution in [0.2, 0.25) is 5.02 Å². The second-order valence-corrected chi connectivity index (χ2v) is 6.36. The van der Waals surface area contributed by atoms with Crippen LogP contribution < -0.4 is 5.32 Å². The molecule has 1 N–H and O–H groups in total. The fourth-order valence-electron chi connectivity index (χ4n) is 2.50. The predicted octanol–water partition coefficient (Wildman–Crippen LogP) is 4.48. The van der Waals surface area contributed by atoms with Crippen molar-refractivity contribution in [2.75, 3.05) is 6.61 Å². The average Bonchev–Trinajstić information content (AvgIpc) is 2.72. The van der Waals surface area contributed by atoms with Crippen LogP contribution in [0, 0.1) is 0 Å². The van der Waals surface area contributed by atoms with Gasteiger partial charge in [0.25, 0.3) is 5.91 Å². The molecule has 5 heteroatoms. The van der Waals surface area contributed by atoms with Crippen molar-refractivity contribution in [1.29, 1.82) is 0 Å². The first kappa shape index (κ1) is 18.7. The number of benzene rings is 3. The van der Waals surface area contributed by atoms with E-state index in [1.807, 2.05) is 54.6 Å². The van der Waals surface area contributed by atoms with Gasteiger partial charge in [0.05, 0.1) is 5.56 Å². The third kappa shape index (κ3) is 5.43. The van der Waals surface area contributed by atoms with E-state index >= 15 is 0 Å². The van der Waals surface area contributed by atoms with Crippen LogP contribution in [-0.2, 0) is 16.1 Å². The van der Waals surface area contributed by atoms with E-state index in [9.17, 15) is 9.59 Å². The predicted molar refractivity (Wildman–Crippen MR) is 105 cm³/mol. The zero-order valence-corrected chi connectivity index (χ0v) is 15.3. The molecule has 0 bridgehead atoms. The van der Waals surface area contributed by atoms with Crippen LogP contribution in [0.1, 0.15) is 15.9 Å². The quantitative estimate of drug-likeness (QED) is 0.642. The molecule has 27 heavy (non-hydrogen) atoms. The van der Waals surface area contributed by atoms with Gasteiger partial charge in [0.1, 0.15) is 0 Å². The summed E-state index contributed by atoms with van der Waals surface area (Å²) in [4.78, 5) is 23.9. The Bertz CT molecular complexity index is 907. The minimum absolute atomic E-state index is 0.327. The Morgan fingerprint density at radius 2 is 1.44 bits per heavy atom. The Kier molecular flexibility index (Phi) is 6.23. The summed E-state index contributed by atoms with van der Waals surface area (Å²) in [6.45, 7) is 0.0200. The molecule has 136 valence electrons. The highest BCUT2D eigenvalue weighted by Crippen LogP contribution is 2.19. The Balaban J connectivity index is 1.48. The maximum Gasteiger partial charge on any atom is 0.338 e. The molecule has 0 heterocycles. The molecule has 1 amide bonds. The molecule has 0 aliphatic carbocycles. The van der Waals surface area contributed by atoms with Crippen molar-refractivity contribution in [3.8, 4) is 11.1 Å². The highest BCUT2D eigenvalue weighted by Gasteiger charge is 2.10. The second kappa shape index (κ2) is 9.01. The summed E-state index contributed by atoms with van der Waals surface area (Å²) in [5.41, 5.74) is 3.39. The molecule has 0 radical (unpaired) electrons. The van der Waals surface area contributed by atoms with Crippen molar-refractivity contribution in [3.63, 3.8) is 0 Å². The van der Waals surface area contributed by atoms with E-state index in [0.717, 1.165) is 16.7 Å². The molecule has 0 fully saturated rings. The Morgan fingerprint density at radius 1 is 0.815 bits per heavy atom. The third-order valence-electron chi connectivity index (χ3n) is 3.97. The lowest BCUT2D eigenvalue weighted by molar-refractivity contribution is -0.124. The maximum atomic E-state index is 12.1. The van der Waals surface area contributed by atoms with Gasteiger partial charge in [-0.1, -0.05) is 66.2 Å². The largest absolute Gasteiger partial charge is 0.452 e. The van der Waals surface area contributed by atoms with E-state index in [1.165, 1.54) is 0 Å². The lowest BCUT2D eigenvalue weighted by Crippen LogP contribution is -2.28. The third-order valence-corrected chi connectivity index (χ3v) is 4.22.